The first-order valence-corrected chi connectivity index (χ1v) is 36.2. The first-order valence-electron chi connectivity index (χ1n) is 46.7. The number of pyridine rings is 1. The molecule has 500 valence electrons. The van der Waals surface area contributed by atoms with Gasteiger partial charge in [0, 0.05) is 31.3 Å². The lowest BCUT2D eigenvalue weighted by Gasteiger charge is -2.42. The van der Waals surface area contributed by atoms with Gasteiger partial charge in [0.1, 0.15) is 17.3 Å². The van der Waals surface area contributed by atoms with Gasteiger partial charge in [-0.25, -0.2) is 4.98 Å². The highest BCUT2D eigenvalue weighted by Crippen LogP contribution is 2.54. The van der Waals surface area contributed by atoms with Crippen LogP contribution in [0.5, 0.6) is 11.5 Å². The Kier molecular flexibility index (Phi) is 10.0. The Morgan fingerprint density at radius 2 is 1.08 bits per heavy atom. The molecule has 1 aliphatic carbocycles. The molecule has 17 rings (SSSR count). The zero-order valence-corrected chi connectivity index (χ0v) is 59.2. The van der Waals surface area contributed by atoms with Crippen LogP contribution in [0.3, 0.4) is 0 Å². The monoisotopic (exact) mass is 1360 g/mol. The molecule has 3 aromatic heterocycles. The molecule has 2 aliphatic rings. The summed E-state index contributed by atoms with van der Waals surface area (Å²) in [6.45, 7) is 15.5. The van der Waals surface area contributed by atoms with Gasteiger partial charge in [0.2, 0.25) is 0 Å². The molecule has 0 saturated carbocycles. The van der Waals surface area contributed by atoms with Crippen LogP contribution in [0.1, 0.15) is 150 Å². The lowest BCUT2D eigenvalue weighted by Crippen LogP contribution is -2.74. The Morgan fingerprint density at radius 1 is 0.490 bits per heavy atom. The number of aromatic nitrogens is 4. The molecule has 4 heterocycles. The molecule has 0 bridgehead atoms. The number of para-hydroxylation sites is 1. The van der Waals surface area contributed by atoms with Gasteiger partial charge >= 0.3 is 0 Å². The first-order chi connectivity index (χ1) is 59.4. The van der Waals surface area contributed by atoms with Gasteiger partial charge in [-0.15, -0.1) is 0 Å². The van der Waals surface area contributed by atoms with Crippen LogP contribution >= 0.6 is 0 Å². The summed E-state index contributed by atoms with van der Waals surface area (Å²) in [4.78, 5) is 4.92. The number of ether oxygens (including phenoxy) is 1. The predicted octanol–water partition coefficient (Wildman–Crippen LogP) is 21.6. The van der Waals surface area contributed by atoms with E-state index in [1.165, 1.54) is 18.2 Å². The van der Waals surface area contributed by atoms with Crippen molar-refractivity contribution in [2.75, 3.05) is 0 Å². The topological polar surface area (TPSA) is 35.9 Å². The van der Waals surface area contributed by atoms with Crippen LogP contribution in [-0.4, -0.2) is 22.2 Å². The number of hydrogen-bond donors (Lipinski definition) is 0. The second kappa shape index (κ2) is 24.1. The van der Waals surface area contributed by atoms with Gasteiger partial charge in [-0.1, -0.05) is 269 Å². The maximum atomic E-state index is 11.3. The molecule has 15 aromatic rings. The summed E-state index contributed by atoms with van der Waals surface area (Å²) < 4.78 is 253. The molecule has 0 saturated heterocycles. The van der Waals surface area contributed by atoms with E-state index in [0.717, 1.165) is 51.3 Å². The number of imidazole rings is 1. The Hall–Kier alpha value is -10.9. The van der Waals surface area contributed by atoms with E-state index in [1.807, 2.05) is 104 Å². The first kappa shape index (κ1) is 42.4. The summed E-state index contributed by atoms with van der Waals surface area (Å²) >= 11 is 0. The normalized spacial score (nSPS) is 17.7. The molecule has 12 aromatic carbocycles. The Labute approximate surface area is 637 Å². The van der Waals surface area contributed by atoms with Crippen molar-refractivity contribution in [3.05, 3.63) is 318 Å². The zero-order chi connectivity index (χ0) is 91.7. The van der Waals surface area contributed by atoms with E-state index < -0.39 is 179 Å². The van der Waals surface area contributed by atoms with Gasteiger partial charge < -0.3 is 4.74 Å². The maximum Gasteiger partial charge on any atom is 0.269 e. The summed E-state index contributed by atoms with van der Waals surface area (Å²) in [5, 5.41) is -2.04. The van der Waals surface area contributed by atoms with E-state index in [1.54, 1.807) is 47.2 Å². The third-order valence-electron chi connectivity index (χ3n) is 20.7. The average molecular weight is 1370 g/mol. The predicted molar refractivity (Wildman–Crippen MR) is 429 cm³/mol. The average Bonchev–Trinajstić information content (AvgIpc) is 1.24. The molecule has 6 heteroatoms. The van der Waals surface area contributed by atoms with E-state index in [2.05, 4.69) is 83.6 Å². The van der Waals surface area contributed by atoms with Crippen LogP contribution in [-0.2, 0) is 21.7 Å². The summed E-state index contributed by atoms with van der Waals surface area (Å²) in [6, 6.07) is 27.7. The molecule has 0 amide bonds. The molecule has 0 spiro atoms. The molecular weight excluding hydrogens is 1250 g/mol. The van der Waals surface area contributed by atoms with E-state index in [9.17, 15) is 21.9 Å². The molecule has 5 nitrogen and oxygen atoms in total. The van der Waals surface area contributed by atoms with Crippen molar-refractivity contribution in [2.24, 2.45) is 0 Å². The maximum absolute atomic E-state index is 11.3. The van der Waals surface area contributed by atoms with E-state index in [0.29, 0.717) is 73.2 Å². The van der Waals surface area contributed by atoms with Crippen molar-refractivity contribution in [2.45, 2.75) is 117 Å². The molecular formula is C96H86N4OSi. The molecule has 0 radical (unpaired) electrons. The van der Waals surface area contributed by atoms with Crippen LogP contribution in [0.2, 0.25) is 0 Å². The number of rotatable bonds is 10. The zero-order valence-electron chi connectivity index (χ0n) is 83.2. The van der Waals surface area contributed by atoms with Gasteiger partial charge in [-0.3, -0.25) is 13.7 Å². The highest BCUT2D eigenvalue weighted by atomic mass is 28.3. The molecule has 1 aliphatic heterocycles. The fourth-order valence-electron chi connectivity index (χ4n) is 15.4. The Balaban J connectivity index is 1.06. The quantitative estimate of drug-likeness (QED) is 0.0592. The molecule has 102 heavy (non-hydrogen) atoms. The van der Waals surface area contributed by atoms with Crippen molar-refractivity contribution >= 4 is 61.7 Å². The largest absolute Gasteiger partial charge is 0.458 e. The van der Waals surface area contributed by atoms with Crippen LogP contribution in [0.25, 0.3) is 106 Å². The standard InChI is InChI=1S/C96H86N4OSi/c1-62-29-26-30-63(2)90(62)66-53-82-80-60-84-83(95(9,10)48-49-96(84,11)12)59-79(80)75-41-22-23-42-76(75)81-52-65(64-31-27-40-74(51-64)102(71-34-16-13-17-35-71,72-36-18-14-19-37-72)73-38-20-15-21-39-73)55-88-92(81)99(91(82)85(54-66)94(6,7)8)61-98(88)68-32-28-33-69(57-68)101-70-45-46-78-77-43-24-25-44-86(77)100(87(78)58-70)89-56-67(47-50-97-89)93(3,4)5/h13-47,50-60H,48-49H2,1-12H3/i1D3,2D3,13D,14D,15D,16D,17D,18D,19D,20D,21D,27D,31D,34D,35D,36D,37D,38D,39D,40D,51D. The van der Waals surface area contributed by atoms with E-state index in [4.69, 9.17) is 22.1 Å². The highest BCUT2D eigenvalue weighted by molar-refractivity contribution is 7.20. The molecule has 0 atom stereocenters. The van der Waals surface area contributed by atoms with Crippen molar-refractivity contribution < 1.29 is 43.6 Å². The molecule has 0 N–H and O–H groups in total. The van der Waals surface area contributed by atoms with Crippen LogP contribution in [0.15, 0.2) is 279 Å². The number of aryl methyl sites for hydroxylation is 2. The van der Waals surface area contributed by atoms with Crippen LogP contribution < -0.4 is 30.1 Å². The summed E-state index contributed by atoms with van der Waals surface area (Å²) in [5.41, 5.74) is 7.17. The third kappa shape index (κ3) is 10.6. The van der Waals surface area contributed by atoms with Crippen molar-refractivity contribution in [1.82, 2.24) is 14.1 Å². The Bertz CT molecular complexity index is 7020. The van der Waals surface area contributed by atoms with Crippen molar-refractivity contribution in [1.29, 1.82) is 0 Å². The summed E-state index contributed by atoms with van der Waals surface area (Å²) in [6.07, 6.45) is 7.19. The fraction of sp³-hybridized carbons (Fsp3) is 0.188. The van der Waals surface area contributed by atoms with Crippen LogP contribution in [0, 0.1) is 20.0 Å². The van der Waals surface area contributed by atoms with Gasteiger partial charge in [-0.05, 0) is 225 Å². The van der Waals surface area contributed by atoms with E-state index in [-0.39, 0.29) is 38.7 Å². The minimum atomic E-state index is -6.39. The summed E-state index contributed by atoms with van der Waals surface area (Å²) in [7, 11) is -6.39. The van der Waals surface area contributed by atoms with Gasteiger partial charge in [0.05, 0.1) is 59.5 Å². The number of nitrogens with zero attached hydrogens (tertiary/aromatic N) is 4. The lowest BCUT2D eigenvalue weighted by molar-refractivity contribution is -0.572. The minimum Gasteiger partial charge on any atom is -0.458 e. The molecule has 0 fully saturated rings. The number of hydrogen-bond acceptors (Lipinski definition) is 2. The van der Waals surface area contributed by atoms with Crippen molar-refractivity contribution in [3.8, 4) is 84.3 Å². The SMILES string of the molecule is [2H]c1c([2H])c([2H])c([Si](c2c([2H])c([2H])c([2H])c([2H])c2[2H])(c2c([2H])c([2H])c([2H])c([2H])c2[2H])c2c([2H])c([2H])c([2H])c(-c3cc4c5c(c3)n(-c3cccc(Oc6ccc7c8ccccc8n(-c8cc(C(C)(C)C)ccn8)c7c6)c3)[c-][n+]5-c3c(cc(-c5c(C([2H])([2H])[2H])cccc5C([2H])([2H])[2H])cc3C(C)(C)C)-c3cc5c(cc3-c3ccccc3-4)C(C)(C)CCC5(C)C)c2[2H])c([2H])c1[2H]. The third-order valence-corrected chi connectivity index (χ3v) is 24.7. The summed E-state index contributed by atoms with van der Waals surface area (Å²) in [5.74, 6) is 1.42. The van der Waals surface area contributed by atoms with Gasteiger partial charge in [-0.2, -0.15) is 0 Å². The second-order valence-corrected chi connectivity index (χ2v) is 33.6. The second-order valence-electron chi connectivity index (χ2n) is 30.1. The Morgan fingerprint density at radius 3 is 1.73 bits per heavy atom. The van der Waals surface area contributed by atoms with Gasteiger partial charge in [0.25, 0.3) is 6.33 Å². The number of fused-ring (bicyclic) bond motifs is 11. The minimum absolute atomic E-state index is 0.0105. The van der Waals surface area contributed by atoms with E-state index >= 15 is 0 Å². The fourth-order valence-corrected chi connectivity index (χ4v) is 19.0. The van der Waals surface area contributed by atoms with Gasteiger partial charge in [0.15, 0.2) is 8.07 Å². The highest BCUT2D eigenvalue weighted by Gasteiger charge is 2.43. The smallest absolute Gasteiger partial charge is 0.269 e. The number of benzene rings is 12. The molecule has 0 unspecified atom stereocenters. The lowest BCUT2D eigenvalue weighted by atomic mass is 9.62. The van der Waals surface area contributed by atoms with Crippen LogP contribution in [0.4, 0.5) is 0 Å². The van der Waals surface area contributed by atoms with Crippen molar-refractivity contribution in [3.63, 3.8) is 0 Å².